The fourth-order valence-corrected chi connectivity index (χ4v) is 3.45. The fourth-order valence-electron chi connectivity index (χ4n) is 2.57. The molecule has 1 N–H and O–H groups in total. The van der Waals surface area contributed by atoms with Crippen molar-refractivity contribution in [2.45, 2.75) is 25.2 Å². The van der Waals surface area contributed by atoms with Crippen LogP contribution in [0.15, 0.2) is 63.9 Å². The summed E-state index contributed by atoms with van der Waals surface area (Å²) in [7, 11) is -3.26. The van der Waals surface area contributed by atoms with Crippen LogP contribution in [0.5, 0.6) is 0 Å². The van der Waals surface area contributed by atoms with E-state index in [1.165, 1.54) is 12.1 Å². The Morgan fingerprint density at radius 1 is 1.07 bits per heavy atom. The van der Waals surface area contributed by atoms with E-state index in [0.717, 1.165) is 5.56 Å². The van der Waals surface area contributed by atoms with Gasteiger partial charge in [0, 0.05) is 11.3 Å². The first-order valence-electron chi connectivity index (χ1n) is 8.53. The van der Waals surface area contributed by atoms with Crippen molar-refractivity contribution < 1.29 is 17.6 Å². The lowest BCUT2D eigenvalue weighted by molar-refractivity contribution is -0.115. The molecule has 2 aromatic carbocycles. The molecule has 7 heteroatoms. The van der Waals surface area contributed by atoms with Crippen LogP contribution in [0.25, 0.3) is 11.5 Å². The molecule has 1 aromatic heterocycles. The molecule has 27 heavy (non-hydrogen) atoms. The van der Waals surface area contributed by atoms with Gasteiger partial charge in [0.2, 0.25) is 11.8 Å². The van der Waals surface area contributed by atoms with E-state index >= 15 is 0 Å². The molecule has 0 unspecified atom stereocenters. The van der Waals surface area contributed by atoms with E-state index in [2.05, 4.69) is 10.3 Å². The second kappa shape index (κ2) is 7.75. The second-order valence-corrected chi connectivity index (χ2v) is 8.32. The Labute approximate surface area is 158 Å². The van der Waals surface area contributed by atoms with Crippen molar-refractivity contribution in [3.05, 3.63) is 66.1 Å². The maximum atomic E-state index is 12.3. The van der Waals surface area contributed by atoms with Gasteiger partial charge in [-0.05, 0) is 43.3 Å². The number of hydrogen-bond donors (Lipinski definition) is 1. The van der Waals surface area contributed by atoms with Crippen molar-refractivity contribution in [2.24, 2.45) is 0 Å². The molecule has 0 bridgehead atoms. The summed E-state index contributed by atoms with van der Waals surface area (Å²) in [5.41, 5.74) is 1.94. The molecule has 3 rings (SSSR count). The lowest BCUT2D eigenvalue weighted by atomic mass is 10.2. The van der Waals surface area contributed by atoms with Crippen LogP contribution in [0, 0.1) is 6.92 Å². The smallest absolute Gasteiger partial charge is 0.230 e. The van der Waals surface area contributed by atoms with Crippen LogP contribution >= 0.6 is 0 Å². The SMILES string of the molecule is CCS(=O)(=O)c1ccc(NC(=O)Cc2nc(-c3ccccc3)oc2C)cc1. The Kier molecular flexibility index (Phi) is 5.41. The van der Waals surface area contributed by atoms with Crippen LogP contribution in [0.2, 0.25) is 0 Å². The predicted molar refractivity (Wildman–Crippen MR) is 103 cm³/mol. The summed E-state index contributed by atoms with van der Waals surface area (Å²) in [6.07, 6.45) is 0.0666. The number of hydrogen-bond acceptors (Lipinski definition) is 5. The number of anilines is 1. The monoisotopic (exact) mass is 384 g/mol. The van der Waals surface area contributed by atoms with Crippen molar-refractivity contribution in [1.29, 1.82) is 0 Å². The van der Waals surface area contributed by atoms with Gasteiger partial charge in [0.25, 0.3) is 0 Å². The first-order chi connectivity index (χ1) is 12.9. The van der Waals surface area contributed by atoms with Crippen LogP contribution in [0.3, 0.4) is 0 Å². The first kappa shape index (κ1) is 18.8. The van der Waals surface area contributed by atoms with Gasteiger partial charge in [-0.2, -0.15) is 0 Å². The lowest BCUT2D eigenvalue weighted by Gasteiger charge is -2.06. The van der Waals surface area contributed by atoms with Gasteiger partial charge < -0.3 is 9.73 Å². The number of carbonyl (C=O) groups excluding carboxylic acids is 1. The number of nitrogens with zero attached hydrogens (tertiary/aromatic N) is 1. The molecule has 0 saturated carbocycles. The van der Waals surface area contributed by atoms with Gasteiger partial charge in [-0.25, -0.2) is 13.4 Å². The van der Waals surface area contributed by atoms with Gasteiger partial charge in [0.1, 0.15) is 5.76 Å². The largest absolute Gasteiger partial charge is 0.441 e. The molecule has 3 aromatic rings. The molecule has 0 saturated heterocycles. The molecule has 0 aliphatic carbocycles. The van der Waals surface area contributed by atoms with Crippen LogP contribution in [0.1, 0.15) is 18.4 Å². The molecule has 0 fully saturated rings. The molecular formula is C20H20N2O4S. The summed E-state index contributed by atoms with van der Waals surface area (Å²) < 4.78 is 29.3. The van der Waals surface area contributed by atoms with E-state index in [-0.39, 0.29) is 23.0 Å². The number of aromatic nitrogens is 1. The van der Waals surface area contributed by atoms with Gasteiger partial charge in [-0.15, -0.1) is 0 Å². The summed E-state index contributed by atoms with van der Waals surface area (Å²) in [4.78, 5) is 17.0. The van der Waals surface area contributed by atoms with E-state index in [0.29, 0.717) is 23.0 Å². The number of carbonyl (C=O) groups is 1. The van der Waals surface area contributed by atoms with Crippen LogP contribution in [0.4, 0.5) is 5.69 Å². The third-order valence-electron chi connectivity index (χ3n) is 4.12. The number of nitrogens with one attached hydrogen (secondary N) is 1. The van der Waals surface area contributed by atoms with Crippen molar-refractivity contribution in [3.63, 3.8) is 0 Å². The molecule has 1 amide bonds. The van der Waals surface area contributed by atoms with Crippen LogP contribution in [-0.4, -0.2) is 25.1 Å². The topological polar surface area (TPSA) is 89.3 Å². The summed E-state index contributed by atoms with van der Waals surface area (Å²) in [5.74, 6) is 0.851. The van der Waals surface area contributed by atoms with E-state index in [4.69, 9.17) is 4.42 Å². The molecule has 0 atom stereocenters. The normalized spacial score (nSPS) is 11.3. The molecular weight excluding hydrogens is 364 g/mol. The Morgan fingerprint density at radius 3 is 2.37 bits per heavy atom. The van der Waals surface area contributed by atoms with Gasteiger partial charge >= 0.3 is 0 Å². The molecule has 6 nitrogen and oxygen atoms in total. The molecule has 1 heterocycles. The highest BCUT2D eigenvalue weighted by Gasteiger charge is 2.15. The Hall–Kier alpha value is -2.93. The minimum Gasteiger partial charge on any atom is -0.441 e. The predicted octanol–water partition coefficient (Wildman–Crippen LogP) is 3.62. The second-order valence-electron chi connectivity index (χ2n) is 6.04. The van der Waals surface area contributed by atoms with E-state index in [1.54, 1.807) is 26.0 Å². The number of sulfone groups is 1. The highest BCUT2D eigenvalue weighted by molar-refractivity contribution is 7.91. The number of benzene rings is 2. The highest BCUT2D eigenvalue weighted by Crippen LogP contribution is 2.22. The third-order valence-corrected chi connectivity index (χ3v) is 5.87. The minimum absolute atomic E-state index is 0.0356. The summed E-state index contributed by atoms with van der Waals surface area (Å²) in [6.45, 7) is 3.36. The van der Waals surface area contributed by atoms with Gasteiger partial charge in [0.05, 0.1) is 22.8 Å². The zero-order valence-electron chi connectivity index (χ0n) is 15.1. The van der Waals surface area contributed by atoms with Gasteiger partial charge in [-0.3, -0.25) is 4.79 Å². The van der Waals surface area contributed by atoms with Crippen LogP contribution in [-0.2, 0) is 21.1 Å². The number of oxazole rings is 1. The Bertz CT molecular complexity index is 1040. The molecule has 0 radical (unpaired) electrons. The molecule has 140 valence electrons. The molecule has 0 spiro atoms. The van der Waals surface area contributed by atoms with Crippen molar-refractivity contribution in [1.82, 2.24) is 4.98 Å². The van der Waals surface area contributed by atoms with Crippen molar-refractivity contribution >= 4 is 21.4 Å². The van der Waals surface area contributed by atoms with Gasteiger partial charge in [0.15, 0.2) is 9.84 Å². The average Bonchev–Trinajstić information content (AvgIpc) is 3.03. The summed E-state index contributed by atoms with van der Waals surface area (Å²) in [5, 5.41) is 2.75. The zero-order valence-corrected chi connectivity index (χ0v) is 15.9. The highest BCUT2D eigenvalue weighted by atomic mass is 32.2. The third kappa shape index (κ3) is 4.43. The number of amides is 1. The van der Waals surface area contributed by atoms with E-state index in [9.17, 15) is 13.2 Å². The van der Waals surface area contributed by atoms with Crippen LogP contribution < -0.4 is 5.32 Å². The standard InChI is InChI=1S/C20H20N2O4S/c1-3-27(24,25)17-11-9-16(10-12-17)21-19(23)13-18-14(2)26-20(22-18)15-7-5-4-6-8-15/h4-12H,3,13H2,1-2H3,(H,21,23). The van der Waals surface area contributed by atoms with Crippen molar-refractivity contribution in [2.75, 3.05) is 11.1 Å². The van der Waals surface area contributed by atoms with Crippen molar-refractivity contribution in [3.8, 4) is 11.5 Å². The molecule has 0 aliphatic heterocycles. The molecule has 0 aliphatic rings. The maximum Gasteiger partial charge on any atom is 0.230 e. The number of aryl methyl sites for hydroxylation is 1. The minimum atomic E-state index is -3.26. The number of rotatable bonds is 6. The summed E-state index contributed by atoms with van der Waals surface area (Å²) in [6, 6.07) is 15.6. The first-order valence-corrected chi connectivity index (χ1v) is 10.2. The van der Waals surface area contributed by atoms with E-state index < -0.39 is 9.84 Å². The summed E-state index contributed by atoms with van der Waals surface area (Å²) >= 11 is 0. The Morgan fingerprint density at radius 2 is 1.74 bits per heavy atom. The van der Waals surface area contributed by atoms with Gasteiger partial charge in [-0.1, -0.05) is 25.1 Å². The average molecular weight is 384 g/mol. The fraction of sp³-hybridized carbons (Fsp3) is 0.200. The quantitative estimate of drug-likeness (QED) is 0.701. The Balaban J connectivity index is 1.69. The maximum absolute atomic E-state index is 12.3. The van der Waals surface area contributed by atoms with E-state index in [1.807, 2.05) is 30.3 Å². The lowest BCUT2D eigenvalue weighted by Crippen LogP contribution is -2.15. The zero-order chi connectivity index (χ0) is 19.4.